The van der Waals surface area contributed by atoms with Gasteiger partial charge in [-0.3, -0.25) is 4.79 Å². The first-order chi connectivity index (χ1) is 6.59. The molecule has 0 aliphatic heterocycles. The fourth-order valence-electron chi connectivity index (χ4n) is 1.14. The topological polar surface area (TPSA) is 40.5 Å². The molecule has 0 saturated carbocycles. The van der Waals surface area contributed by atoms with Crippen molar-refractivity contribution in [3.63, 3.8) is 0 Å². The lowest BCUT2D eigenvalue weighted by molar-refractivity contribution is -0.128. The van der Waals surface area contributed by atoms with Crippen LogP contribution in [0.25, 0.3) is 0 Å². The summed E-state index contributed by atoms with van der Waals surface area (Å²) in [6.45, 7) is 0. The van der Waals surface area contributed by atoms with Crippen LogP contribution in [0, 0.1) is 0 Å². The Hall–Kier alpha value is -1.51. The second kappa shape index (κ2) is 4.65. The Labute approximate surface area is 84.0 Å². The van der Waals surface area contributed by atoms with Crippen LogP contribution in [0.4, 0.5) is 0 Å². The number of phenols is 1. The molecule has 0 saturated heterocycles. The Morgan fingerprint density at radius 1 is 1.29 bits per heavy atom. The van der Waals surface area contributed by atoms with E-state index in [4.69, 9.17) is 5.11 Å². The Balaban J connectivity index is 2.46. The van der Waals surface area contributed by atoms with Gasteiger partial charge >= 0.3 is 0 Å². The van der Waals surface area contributed by atoms with Gasteiger partial charge in [0.25, 0.3) is 0 Å². The van der Waals surface area contributed by atoms with Crippen molar-refractivity contribution >= 4 is 5.91 Å². The van der Waals surface area contributed by atoms with Crippen molar-refractivity contribution in [2.75, 3.05) is 14.1 Å². The minimum atomic E-state index is 0.123. The maximum atomic E-state index is 11.3. The zero-order valence-electron chi connectivity index (χ0n) is 8.53. The Morgan fingerprint density at radius 2 is 1.86 bits per heavy atom. The second-order valence-corrected chi connectivity index (χ2v) is 3.45. The number of nitrogens with zero attached hydrogens (tertiary/aromatic N) is 1. The summed E-state index contributed by atoms with van der Waals surface area (Å²) in [5, 5.41) is 9.05. The molecule has 0 radical (unpaired) electrons. The average Bonchev–Trinajstić information content (AvgIpc) is 2.16. The normalized spacial score (nSPS) is 9.86. The Kier molecular flexibility index (Phi) is 3.51. The van der Waals surface area contributed by atoms with Crippen molar-refractivity contribution in [2.45, 2.75) is 12.8 Å². The van der Waals surface area contributed by atoms with Gasteiger partial charge in [-0.15, -0.1) is 0 Å². The molecule has 0 unspecified atom stereocenters. The molecule has 1 N–H and O–H groups in total. The van der Waals surface area contributed by atoms with Crippen LogP contribution in [0.2, 0.25) is 0 Å². The van der Waals surface area contributed by atoms with Gasteiger partial charge in [0, 0.05) is 20.5 Å². The van der Waals surface area contributed by atoms with E-state index >= 15 is 0 Å². The van der Waals surface area contributed by atoms with E-state index in [0.29, 0.717) is 6.42 Å². The van der Waals surface area contributed by atoms with E-state index in [-0.39, 0.29) is 11.7 Å². The number of hydrogen-bond acceptors (Lipinski definition) is 2. The van der Waals surface area contributed by atoms with Crippen LogP contribution in [0.15, 0.2) is 24.3 Å². The third-order valence-corrected chi connectivity index (χ3v) is 2.06. The van der Waals surface area contributed by atoms with Crippen LogP contribution in [-0.2, 0) is 11.2 Å². The molecule has 0 aliphatic rings. The summed E-state index contributed by atoms with van der Waals surface area (Å²) in [5.74, 6) is 0.380. The van der Waals surface area contributed by atoms with Crippen LogP contribution >= 0.6 is 0 Å². The molecule has 1 aromatic rings. The first-order valence-corrected chi connectivity index (χ1v) is 4.57. The van der Waals surface area contributed by atoms with Crippen LogP contribution in [0.5, 0.6) is 5.75 Å². The van der Waals surface area contributed by atoms with Crippen LogP contribution < -0.4 is 0 Å². The lowest BCUT2D eigenvalue weighted by Gasteiger charge is -2.09. The predicted octanol–water partition coefficient (Wildman–Crippen LogP) is 1.41. The number of hydrogen-bond donors (Lipinski definition) is 1. The molecular weight excluding hydrogens is 178 g/mol. The lowest BCUT2D eigenvalue weighted by atomic mass is 10.1. The molecule has 0 atom stereocenters. The molecule has 0 spiro atoms. The maximum absolute atomic E-state index is 11.3. The minimum Gasteiger partial charge on any atom is -0.508 e. The maximum Gasteiger partial charge on any atom is 0.222 e. The highest BCUT2D eigenvalue weighted by Crippen LogP contribution is 2.11. The molecule has 0 heterocycles. The zero-order valence-corrected chi connectivity index (χ0v) is 8.53. The number of aryl methyl sites for hydroxylation is 1. The molecule has 1 rings (SSSR count). The molecule has 76 valence electrons. The van der Waals surface area contributed by atoms with Crippen molar-refractivity contribution in [2.24, 2.45) is 0 Å². The summed E-state index contributed by atoms with van der Waals surface area (Å²) in [5.41, 5.74) is 1.07. The fourth-order valence-corrected chi connectivity index (χ4v) is 1.14. The molecule has 0 aliphatic carbocycles. The van der Waals surface area contributed by atoms with Gasteiger partial charge in [-0.05, 0) is 24.1 Å². The smallest absolute Gasteiger partial charge is 0.222 e. The number of phenolic OH excluding ortho intramolecular Hbond substituents is 1. The Morgan fingerprint density at radius 3 is 2.36 bits per heavy atom. The van der Waals surface area contributed by atoms with E-state index in [1.165, 1.54) is 0 Å². The van der Waals surface area contributed by atoms with Crippen LogP contribution in [-0.4, -0.2) is 30.0 Å². The SMILES string of the molecule is CN(C)C(=O)CCc1ccc(O)cc1. The van der Waals surface area contributed by atoms with Crippen molar-refractivity contribution in [3.05, 3.63) is 29.8 Å². The van der Waals surface area contributed by atoms with Gasteiger partial charge in [0.05, 0.1) is 0 Å². The molecule has 3 heteroatoms. The number of carbonyl (C=O) groups excluding carboxylic acids is 1. The second-order valence-electron chi connectivity index (χ2n) is 3.45. The van der Waals surface area contributed by atoms with Crippen molar-refractivity contribution in [1.29, 1.82) is 0 Å². The molecule has 0 aromatic heterocycles. The van der Waals surface area contributed by atoms with Crippen molar-refractivity contribution < 1.29 is 9.90 Å². The number of rotatable bonds is 3. The summed E-state index contributed by atoms with van der Waals surface area (Å²) in [6.07, 6.45) is 1.23. The van der Waals surface area contributed by atoms with Crippen molar-refractivity contribution in [3.8, 4) is 5.75 Å². The van der Waals surface area contributed by atoms with Crippen LogP contribution in [0.3, 0.4) is 0 Å². The standard InChI is InChI=1S/C11H15NO2/c1-12(2)11(14)8-5-9-3-6-10(13)7-4-9/h3-4,6-7,13H,5,8H2,1-2H3. The van der Waals surface area contributed by atoms with E-state index < -0.39 is 0 Å². The quantitative estimate of drug-likeness (QED) is 0.788. The van der Waals surface area contributed by atoms with Crippen LogP contribution in [0.1, 0.15) is 12.0 Å². The van der Waals surface area contributed by atoms with Gasteiger partial charge in [0.2, 0.25) is 5.91 Å². The highest BCUT2D eigenvalue weighted by molar-refractivity contribution is 5.75. The van der Waals surface area contributed by atoms with E-state index in [1.807, 2.05) is 12.1 Å². The summed E-state index contributed by atoms with van der Waals surface area (Å²) < 4.78 is 0. The van der Waals surface area contributed by atoms with Gasteiger partial charge in [0.15, 0.2) is 0 Å². The first kappa shape index (κ1) is 10.6. The van der Waals surface area contributed by atoms with Crippen molar-refractivity contribution in [1.82, 2.24) is 4.90 Å². The monoisotopic (exact) mass is 193 g/mol. The molecule has 0 fully saturated rings. The summed E-state index contributed by atoms with van der Waals surface area (Å²) >= 11 is 0. The van der Waals surface area contributed by atoms with Gasteiger partial charge in [-0.2, -0.15) is 0 Å². The summed E-state index contributed by atoms with van der Waals surface area (Å²) in [7, 11) is 3.50. The first-order valence-electron chi connectivity index (χ1n) is 4.57. The molecule has 0 bridgehead atoms. The third kappa shape index (κ3) is 3.09. The molecule has 14 heavy (non-hydrogen) atoms. The minimum absolute atomic E-state index is 0.123. The molecule has 1 aromatic carbocycles. The lowest BCUT2D eigenvalue weighted by Crippen LogP contribution is -2.21. The van der Waals surface area contributed by atoms with Gasteiger partial charge < -0.3 is 10.0 Å². The van der Waals surface area contributed by atoms with E-state index in [2.05, 4.69) is 0 Å². The van der Waals surface area contributed by atoms with Gasteiger partial charge in [-0.25, -0.2) is 0 Å². The van der Waals surface area contributed by atoms with Gasteiger partial charge in [0.1, 0.15) is 5.75 Å². The average molecular weight is 193 g/mol. The molecule has 1 amide bonds. The summed E-state index contributed by atoms with van der Waals surface area (Å²) in [4.78, 5) is 12.8. The third-order valence-electron chi connectivity index (χ3n) is 2.06. The molecular formula is C11H15NO2. The highest BCUT2D eigenvalue weighted by atomic mass is 16.3. The number of amides is 1. The fraction of sp³-hybridized carbons (Fsp3) is 0.364. The van der Waals surface area contributed by atoms with E-state index in [0.717, 1.165) is 12.0 Å². The van der Waals surface area contributed by atoms with E-state index in [1.54, 1.807) is 31.1 Å². The molecule has 3 nitrogen and oxygen atoms in total. The Bertz CT molecular complexity index is 304. The zero-order chi connectivity index (χ0) is 10.6. The predicted molar refractivity (Wildman–Crippen MR) is 55.1 cm³/mol. The highest BCUT2D eigenvalue weighted by Gasteiger charge is 2.03. The number of aromatic hydroxyl groups is 1. The van der Waals surface area contributed by atoms with Gasteiger partial charge in [-0.1, -0.05) is 12.1 Å². The summed E-state index contributed by atoms with van der Waals surface area (Å²) in [6, 6.07) is 6.93. The van der Waals surface area contributed by atoms with E-state index in [9.17, 15) is 4.79 Å². The number of benzene rings is 1. The largest absolute Gasteiger partial charge is 0.508 e. The number of carbonyl (C=O) groups is 1.